The van der Waals surface area contributed by atoms with Gasteiger partial charge in [0.1, 0.15) is 6.61 Å². The van der Waals surface area contributed by atoms with Gasteiger partial charge < -0.3 is 23.8 Å². The van der Waals surface area contributed by atoms with Gasteiger partial charge in [-0.1, -0.05) is 0 Å². The van der Waals surface area contributed by atoms with Crippen LogP contribution in [0.3, 0.4) is 0 Å². The number of hydrogen-bond donors (Lipinski definition) is 0. The Morgan fingerprint density at radius 2 is 1.54 bits per heavy atom. The minimum Gasteiger partial charge on any atom is -0.493 e. The van der Waals surface area contributed by atoms with E-state index in [1.54, 1.807) is 17.0 Å². The molecule has 0 saturated carbocycles. The molecule has 2 rings (SSSR count). The standard InChI is InChI=1S/C18H26N2O6/c1-13(21)26-10-9-19-5-7-20(8-6-19)18(22)14-11-15(23-2)17(25-4)16(12-14)24-3/h11-12H,5-10H2,1-4H3. The summed E-state index contributed by atoms with van der Waals surface area (Å²) in [6.45, 7) is 5.12. The summed E-state index contributed by atoms with van der Waals surface area (Å²) in [5.74, 6) is 1.01. The van der Waals surface area contributed by atoms with E-state index in [4.69, 9.17) is 18.9 Å². The van der Waals surface area contributed by atoms with Crippen molar-refractivity contribution < 1.29 is 28.5 Å². The summed E-state index contributed by atoms with van der Waals surface area (Å²) in [7, 11) is 4.57. The Balaban J connectivity index is 2.01. The summed E-state index contributed by atoms with van der Waals surface area (Å²) >= 11 is 0. The molecule has 1 aromatic carbocycles. The topological polar surface area (TPSA) is 77.5 Å². The maximum Gasteiger partial charge on any atom is 0.302 e. The predicted octanol–water partition coefficient (Wildman–Crippen LogP) is 1.03. The summed E-state index contributed by atoms with van der Waals surface area (Å²) < 4.78 is 20.9. The zero-order chi connectivity index (χ0) is 19.1. The van der Waals surface area contributed by atoms with Gasteiger partial charge in [-0.15, -0.1) is 0 Å². The number of methoxy groups -OCH3 is 3. The molecule has 0 atom stereocenters. The number of amides is 1. The molecule has 0 aromatic heterocycles. The Morgan fingerprint density at radius 3 is 2.00 bits per heavy atom. The zero-order valence-corrected chi connectivity index (χ0v) is 15.7. The van der Waals surface area contributed by atoms with Gasteiger partial charge in [0.05, 0.1) is 21.3 Å². The number of piperazine rings is 1. The number of nitrogens with zero attached hydrogens (tertiary/aromatic N) is 2. The lowest BCUT2D eigenvalue weighted by atomic mass is 10.1. The fourth-order valence-corrected chi connectivity index (χ4v) is 2.88. The quantitative estimate of drug-likeness (QED) is 0.667. The second-order valence-corrected chi connectivity index (χ2v) is 5.89. The number of ether oxygens (including phenoxy) is 4. The average molecular weight is 366 g/mol. The Morgan fingerprint density at radius 1 is 0.962 bits per heavy atom. The van der Waals surface area contributed by atoms with E-state index >= 15 is 0 Å². The third-order valence-electron chi connectivity index (χ3n) is 4.28. The number of carbonyl (C=O) groups is 2. The first-order valence-electron chi connectivity index (χ1n) is 8.45. The Labute approximate surface area is 153 Å². The van der Waals surface area contributed by atoms with Gasteiger partial charge in [0.15, 0.2) is 11.5 Å². The molecule has 1 saturated heterocycles. The van der Waals surface area contributed by atoms with E-state index in [-0.39, 0.29) is 11.9 Å². The lowest BCUT2D eigenvalue weighted by Gasteiger charge is -2.34. The lowest BCUT2D eigenvalue weighted by Crippen LogP contribution is -2.49. The highest BCUT2D eigenvalue weighted by Crippen LogP contribution is 2.38. The lowest BCUT2D eigenvalue weighted by molar-refractivity contribution is -0.141. The number of carbonyl (C=O) groups excluding carboxylic acids is 2. The van der Waals surface area contributed by atoms with Gasteiger partial charge in [-0.2, -0.15) is 0 Å². The first kappa shape index (κ1) is 19.8. The Kier molecular flexibility index (Phi) is 7.08. The molecule has 8 nitrogen and oxygen atoms in total. The maximum atomic E-state index is 12.8. The molecular weight excluding hydrogens is 340 g/mol. The molecule has 1 amide bonds. The first-order valence-corrected chi connectivity index (χ1v) is 8.45. The van der Waals surface area contributed by atoms with Crippen molar-refractivity contribution in [3.05, 3.63) is 17.7 Å². The largest absolute Gasteiger partial charge is 0.493 e. The third-order valence-corrected chi connectivity index (χ3v) is 4.28. The van der Waals surface area contributed by atoms with Crippen molar-refractivity contribution in [1.29, 1.82) is 0 Å². The molecule has 1 heterocycles. The molecule has 0 unspecified atom stereocenters. The van der Waals surface area contributed by atoms with E-state index in [1.807, 2.05) is 0 Å². The highest BCUT2D eigenvalue weighted by molar-refractivity contribution is 5.95. The van der Waals surface area contributed by atoms with Gasteiger partial charge in [-0.05, 0) is 12.1 Å². The van der Waals surface area contributed by atoms with Crippen LogP contribution in [0.1, 0.15) is 17.3 Å². The summed E-state index contributed by atoms with van der Waals surface area (Å²) in [4.78, 5) is 27.6. The third kappa shape index (κ3) is 4.78. The molecule has 1 aromatic rings. The number of esters is 1. The fourth-order valence-electron chi connectivity index (χ4n) is 2.88. The van der Waals surface area contributed by atoms with Gasteiger partial charge in [0, 0.05) is 45.2 Å². The van der Waals surface area contributed by atoms with Crippen LogP contribution in [0.25, 0.3) is 0 Å². The van der Waals surface area contributed by atoms with Crippen LogP contribution in [0.5, 0.6) is 17.2 Å². The van der Waals surface area contributed by atoms with Crippen molar-refractivity contribution in [1.82, 2.24) is 9.80 Å². The van der Waals surface area contributed by atoms with Crippen molar-refractivity contribution in [2.24, 2.45) is 0 Å². The van der Waals surface area contributed by atoms with Crippen LogP contribution in [0.15, 0.2) is 12.1 Å². The SMILES string of the molecule is COc1cc(C(=O)N2CCN(CCOC(C)=O)CC2)cc(OC)c1OC. The minimum absolute atomic E-state index is 0.0797. The number of hydrogen-bond acceptors (Lipinski definition) is 7. The monoisotopic (exact) mass is 366 g/mol. The molecule has 26 heavy (non-hydrogen) atoms. The highest BCUT2D eigenvalue weighted by atomic mass is 16.5. The predicted molar refractivity (Wildman–Crippen MR) is 95.1 cm³/mol. The van der Waals surface area contributed by atoms with Crippen LogP contribution in [-0.2, 0) is 9.53 Å². The molecule has 0 aliphatic carbocycles. The summed E-state index contributed by atoms with van der Waals surface area (Å²) in [5.41, 5.74) is 0.493. The van der Waals surface area contributed by atoms with Gasteiger partial charge in [0.2, 0.25) is 5.75 Å². The number of rotatable bonds is 7. The summed E-state index contributed by atoms with van der Waals surface area (Å²) in [6.07, 6.45) is 0. The maximum absolute atomic E-state index is 12.8. The molecule has 0 spiro atoms. The van der Waals surface area contributed by atoms with E-state index < -0.39 is 0 Å². The van der Waals surface area contributed by atoms with Crippen LogP contribution in [0.2, 0.25) is 0 Å². The van der Waals surface area contributed by atoms with Crippen LogP contribution >= 0.6 is 0 Å². The van der Waals surface area contributed by atoms with E-state index in [2.05, 4.69) is 4.90 Å². The van der Waals surface area contributed by atoms with Crippen molar-refractivity contribution in [2.75, 3.05) is 60.7 Å². The summed E-state index contributed by atoms with van der Waals surface area (Å²) in [6, 6.07) is 3.33. The van der Waals surface area contributed by atoms with Crippen LogP contribution in [0, 0.1) is 0 Å². The molecule has 1 aliphatic rings. The van der Waals surface area contributed by atoms with E-state index in [0.29, 0.717) is 49.1 Å². The molecule has 1 fully saturated rings. The molecule has 0 radical (unpaired) electrons. The fraction of sp³-hybridized carbons (Fsp3) is 0.556. The first-order chi connectivity index (χ1) is 12.5. The normalized spacial score (nSPS) is 14.7. The van der Waals surface area contributed by atoms with Crippen molar-refractivity contribution in [2.45, 2.75) is 6.92 Å². The second-order valence-electron chi connectivity index (χ2n) is 5.89. The average Bonchev–Trinajstić information content (AvgIpc) is 2.66. The van der Waals surface area contributed by atoms with E-state index in [0.717, 1.165) is 13.1 Å². The molecule has 1 aliphatic heterocycles. The Bertz CT molecular complexity index is 616. The van der Waals surface area contributed by atoms with Crippen LogP contribution in [-0.4, -0.2) is 82.3 Å². The van der Waals surface area contributed by atoms with Crippen LogP contribution < -0.4 is 14.2 Å². The molecule has 0 bridgehead atoms. The van der Waals surface area contributed by atoms with Gasteiger partial charge in [0.25, 0.3) is 5.91 Å². The molecular formula is C18H26N2O6. The van der Waals surface area contributed by atoms with Gasteiger partial charge in [-0.3, -0.25) is 14.5 Å². The van der Waals surface area contributed by atoms with Crippen molar-refractivity contribution in [3.8, 4) is 17.2 Å². The van der Waals surface area contributed by atoms with E-state index in [1.165, 1.54) is 28.3 Å². The smallest absolute Gasteiger partial charge is 0.302 e. The highest BCUT2D eigenvalue weighted by Gasteiger charge is 2.24. The van der Waals surface area contributed by atoms with Crippen molar-refractivity contribution in [3.63, 3.8) is 0 Å². The van der Waals surface area contributed by atoms with Crippen molar-refractivity contribution >= 4 is 11.9 Å². The van der Waals surface area contributed by atoms with Gasteiger partial charge >= 0.3 is 5.97 Å². The minimum atomic E-state index is -0.277. The van der Waals surface area contributed by atoms with Crippen LogP contribution in [0.4, 0.5) is 0 Å². The van der Waals surface area contributed by atoms with E-state index in [9.17, 15) is 9.59 Å². The molecule has 8 heteroatoms. The zero-order valence-electron chi connectivity index (χ0n) is 15.7. The summed E-state index contributed by atoms with van der Waals surface area (Å²) in [5, 5.41) is 0. The number of benzene rings is 1. The molecule has 0 N–H and O–H groups in total. The second kappa shape index (κ2) is 9.28. The van der Waals surface area contributed by atoms with Gasteiger partial charge in [-0.25, -0.2) is 0 Å². The Hall–Kier alpha value is -2.48. The molecule has 144 valence electrons.